The highest BCUT2D eigenvalue weighted by molar-refractivity contribution is 5.95. The van der Waals surface area contributed by atoms with Crippen molar-refractivity contribution in [2.45, 2.75) is 95.3 Å². The molecule has 0 radical (unpaired) electrons. The molecule has 0 aromatic heterocycles. The van der Waals surface area contributed by atoms with Crippen molar-refractivity contribution < 1.29 is 0 Å². The third-order valence-electron chi connectivity index (χ3n) is 15.2. The lowest BCUT2D eigenvalue weighted by atomic mass is 9.51. The van der Waals surface area contributed by atoms with Gasteiger partial charge in [0.25, 0.3) is 0 Å². The van der Waals surface area contributed by atoms with Gasteiger partial charge in [-0.25, -0.2) is 0 Å². The molecule has 6 aliphatic rings. The summed E-state index contributed by atoms with van der Waals surface area (Å²) in [5.74, 6) is 5.18. The summed E-state index contributed by atoms with van der Waals surface area (Å²) < 4.78 is 0. The summed E-state index contributed by atoms with van der Waals surface area (Å²) in [5, 5.41) is 0. The Labute approximate surface area is 334 Å². The second-order valence-corrected chi connectivity index (χ2v) is 18.8. The predicted molar refractivity (Wildman–Crippen MR) is 235 cm³/mol. The molecule has 0 aliphatic heterocycles. The highest BCUT2D eigenvalue weighted by Crippen LogP contribution is 2.60. The van der Waals surface area contributed by atoms with Crippen LogP contribution in [0, 0.1) is 23.7 Å². The highest BCUT2D eigenvalue weighted by atomic mass is 15.1. The Morgan fingerprint density at radius 3 is 1.66 bits per heavy atom. The molecule has 0 saturated heterocycles. The number of fused-ring (bicyclic) bond motifs is 3. The molecule has 1 heteroatoms. The van der Waals surface area contributed by atoms with Crippen molar-refractivity contribution in [3.05, 3.63) is 162 Å². The van der Waals surface area contributed by atoms with Gasteiger partial charge in [0.15, 0.2) is 0 Å². The zero-order valence-electron chi connectivity index (χ0n) is 33.3. The molecule has 0 amide bonds. The first-order valence-corrected chi connectivity index (χ1v) is 21.9. The van der Waals surface area contributed by atoms with E-state index in [1.54, 1.807) is 5.56 Å². The van der Waals surface area contributed by atoms with Crippen molar-refractivity contribution in [2.24, 2.45) is 23.7 Å². The SMILES string of the molecule is CC1(C)c2cc(-c3ccccc3)ccc2-c2cc(-c3ccccc3)c(N(c3ccc(C4CCCCC4)cc3)c3ccc(C4C5CC6CC(C5)CC4C6)cc3)cc21. The summed E-state index contributed by atoms with van der Waals surface area (Å²) in [6, 6.07) is 53.9. The summed E-state index contributed by atoms with van der Waals surface area (Å²) in [6.07, 6.45) is 14.1. The van der Waals surface area contributed by atoms with E-state index in [0.717, 1.165) is 29.6 Å². The minimum atomic E-state index is -0.154. The lowest BCUT2D eigenvalue weighted by Crippen LogP contribution is -2.43. The predicted octanol–water partition coefficient (Wildman–Crippen LogP) is 15.4. The Morgan fingerprint density at radius 1 is 0.464 bits per heavy atom. The molecule has 0 spiro atoms. The third kappa shape index (κ3) is 5.79. The van der Waals surface area contributed by atoms with Gasteiger partial charge in [0.2, 0.25) is 0 Å². The first-order chi connectivity index (χ1) is 27.5. The monoisotopic (exact) mass is 729 g/mol. The normalized spacial score (nSPS) is 24.5. The zero-order chi connectivity index (χ0) is 37.4. The maximum Gasteiger partial charge on any atom is 0.0543 e. The van der Waals surface area contributed by atoms with Crippen LogP contribution in [0.2, 0.25) is 0 Å². The van der Waals surface area contributed by atoms with Gasteiger partial charge in [0.1, 0.15) is 0 Å². The second-order valence-electron chi connectivity index (χ2n) is 18.8. The van der Waals surface area contributed by atoms with Gasteiger partial charge < -0.3 is 4.90 Å². The lowest BCUT2D eigenvalue weighted by Gasteiger charge is -2.54. The lowest BCUT2D eigenvalue weighted by molar-refractivity contribution is -0.00277. The van der Waals surface area contributed by atoms with Gasteiger partial charge in [-0.3, -0.25) is 0 Å². The Hall–Kier alpha value is -4.88. The van der Waals surface area contributed by atoms with Crippen LogP contribution >= 0.6 is 0 Å². The van der Waals surface area contributed by atoms with E-state index in [-0.39, 0.29) is 5.41 Å². The molecule has 6 aromatic carbocycles. The van der Waals surface area contributed by atoms with Crippen molar-refractivity contribution >= 4 is 17.1 Å². The summed E-state index contributed by atoms with van der Waals surface area (Å²) in [7, 11) is 0. The molecule has 0 heterocycles. The second kappa shape index (κ2) is 13.7. The number of benzene rings is 6. The van der Waals surface area contributed by atoms with E-state index < -0.39 is 0 Å². The molecule has 1 nitrogen and oxygen atoms in total. The maximum atomic E-state index is 2.59. The van der Waals surface area contributed by atoms with Gasteiger partial charge in [-0.1, -0.05) is 130 Å². The maximum absolute atomic E-state index is 2.59. The van der Waals surface area contributed by atoms with Crippen molar-refractivity contribution in [2.75, 3.05) is 4.90 Å². The molecule has 12 rings (SSSR count). The van der Waals surface area contributed by atoms with E-state index in [1.165, 1.54) is 131 Å². The number of rotatable bonds is 7. The largest absolute Gasteiger partial charge is 0.310 e. The third-order valence-corrected chi connectivity index (χ3v) is 15.2. The zero-order valence-corrected chi connectivity index (χ0v) is 33.3. The number of anilines is 3. The van der Waals surface area contributed by atoms with Crippen LogP contribution in [0.3, 0.4) is 0 Å². The molecule has 56 heavy (non-hydrogen) atoms. The van der Waals surface area contributed by atoms with Crippen LogP contribution in [-0.4, -0.2) is 0 Å². The van der Waals surface area contributed by atoms with Crippen LogP contribution in [0.4, 0.5) is 17.1 Å². The van der Waals surface area contributed by atoms with E-state index in [2.05, 4.69) is 158 Å². The molecule has 0 unspecified atom stereocenters. The molecule has 6 aromatic rings. The Morgan fingerprint density at radius 2 is 1.04 bits per heavy atom. The van der Waals surface area contributed by atoms with Gasteiger partial charge >= 0.3 is 0 Å². The van der Waals surface area contributed by atoms with Crippen LogP contribution in [0.25, 0.3) is 33.4 Å². The van der Waals surface area contributed by atoms with Gasteiger partial charge in [-0.2, -0.15) is 0 Å². The molecule has 4 bridgehead atoms. The molecule has 280 valence electrons. The van der Waals surface area contributed by atoms with Crippen LogP contribution in [0.15, 0.2) is 140 Å². The fourth-order valence-corrected chi connectivity index (χ4v) is 12.7. The first-order valence-electron chi connectivity index (χ1n) is 21.9. The summed E-state index contributed by atoms with van der Waals surface area (Å²) in [5.41, 5.74) is 17.3. The van der Waals surface area contributed by atoms with Crippen LogP contribution in [0.5, 0.6) is 0 Å². The Kier molecular flexibility index (Phi) is 8.38. The molecular weight excluding hydrogens is 675 g/mol. The van der Waals surface area contributed by atoms with Gasteiger partial charge in [0.05, 0.1) is 5.69 Å². The molecule has 6 aliphatic carbocycles. The van der Waals surface area contributed by atoms with E-state index in [1.807, 2.05) is 0 Å². The van der Waals surface area contributed by atoms with E-state index in [4.69, 9.17) is 0 Å². The highest BCUT2D eigenvalue weighted by Gasteiger charge is 2.48. The Balaban J connectivity index is 1.06. The van der Waals surface area contributed by atoms with Crippen molar-refractivity contribution in [3.8, 4) is 33.4 Å². The topological polar surface area (TPSA) is 3.24 Å². The van der Waals surface area contributed by atoms with E-state index >= 15 is 0 Å². The summed E-state index contributed by atoms with van der Waals surface area (Å²) >= 11 is 0. The Bertz CT molecular complexity index is 2330. The molecule has 5 saturated carbocycles. The van der Waals surface area contributed by atoms with E-state index in [9.17, 15) is 0 Å². The number of hydrogen-bond donors (Lipinski definition) is 0. The van der Waals surface area contributed by atoms with Crippen LogP contribution in [-0.2, 0) is 5.41 Å². The van der Waals surface area contributed by atoms with Gasteiger partial charge in [-0.05, 0) is 173 Å². The fraction of sp³-hybridized carbons (Fsp3) is 0.345. The van der Waals surface area contributed by atoms with Crippen LogP contribution < -0.4 is 4.90 Å². The summed E-state index contributed by atoms with van der Waals surface area (Å²) in [4.78, 5) is 2.59. The summed E-state index contributed by atoms with van der Waals surface area (Å²) in [6.45, 7) is 4.86. The number of nitrogens with zero attached hydrogens (tertiary/aromatic N) is 1. The molecule has 0 N–H and O–H groups in total. The quantitative estimate of drug-likeness (QED) is 0.158. The van der Waals surface area contributed by atoms with Gasteiger partial charge in [0, 0.05) is 22.4 Å². The van der Waals surface area contributed by atoms with Gasteiger partial charge in [-0.15, -0.1) is 0 Å². The number of hydrogen-bond acceptors (Lipinski definition) is 1. The average molecular weight is 730 g/mol. The molecule has 0 atom stereocenters. The van der Waals surface area contributed by atoms with Crippen molar-refractivity contribution in [1.82, 2.24) is 0 Å². The first kappa shape index (κ1) is 34.4. The minimum Gasteiger partial charge on any atom is -0.310 e. The molecule has 5 fully saturated rings. The fourth-order valence-electron chi connectivity index (χ4n) is 12.7. The molecular formula is C55H55N. The minimum absolute atomic E-state index is 0.154. The smallest absolute Gasteiger partial charge is 0.0543 e. The van der Waals surface area contributed by atoms with Crippen molar-refractivity contribution in [1.29, 1.82) is 0 Å². The van der Waals surface area contributed by atoms with Crippen LogP contribution in [0.1, 0.15) is 112 Å². The standard InChI is InChI=1S/C55H55N/c1-55(2)51-33-43(39-14-8-4-9-15-39)22-27-48(51)50-34-49(41-16-10-5-11-17-41)53(35-52(50)55)56(46-23-18-40(19-24-46)38-12-6-3-7-13-38)47-25-20-42(21-26-47)54-44-29-36-28-37(31-44)32-45(54)30-36/h4-5,8-11,14-27,33-38,44-45,54H,3,6-7,12-13,28-32H2,1-2H3. The van der Waals surface area contributed by atoms with Crippen molar-refractivity contribution in [3.63, 3.8) is 0 Å². The average Bonchev–Trinajstić information content (AvgIpc) is 3.46. The van der Waals surface area contributed by atoms with E-state index in [0.29, 0.717) is 5.92 Å².